The van der Waals surface area contributed by atoms with Crippen molar-refractivity contribution in [2.45, 2.75) is 12.2 Å². The van der Waals surface area contributed by atoms with E-state index in [4.69, 9.17) is 17.4 Å². The van der Waals surface area contributed by atoms with Gasteiger partial charge in [0.2, 0.25) is 0 Å². The van der Waals surface area contributed by atoms with Crippen molar-refractivity contribution in [2.24, 2.45) is 5.84 Å². The van der Waals surface area contributed by atoms with Crippen LogP contribution in [0.15, 0.2) is 24.3 Å². The van der Waals surface area contributed by atoms with Crippen LogP contribution in [0.5, 0.6) is 0 Å². The second-order valence-corrected chi connectivity index (χ2v) is 3.21. The van der Waals surface area contributed by atoms with E-state index in [2.05, 4.69) is 5.43 Å². The van der Waals surface area contributed by atoms with Gasteiger partial charge >= 0.3 is 0 Å². The maximum absolute atomic E-state index is 9.67. The second-order valence-electron chi connectivity index (χ2n) is 2.90. The van der Waals surface area contributed by atoms with Gasteiger partial charge in [0.25, 0.3) is 0 Å². The molecule has 5 N–H and O–H groups in total. The normalized spacial score (nSPS) is 14.9. The van der Waals surface area contributed by atoms with Crippen molar-refractivity contribution in [1.29, 1.82) is 0 Å². The van der Waals surface area contributed by atoms with Crippen LogP contribution in [0.4, 0.5) is 5.69 Å². The molecule has 0 amide bonds. The van der Waals surface area contributed by atoms with Gasteiger partial charge in [-0.3, -0.25) is 5.84 Å². The molecule has 2 unspecified atom stereocenters. The lowest BCUT2D eigenvalue weighted by Gasteiger charge is -2.18. The molecule has 0 radical (unpaired) electrons. The quantitative estimate of drug-likeness (QED) is 0.338. The number of nitrogens with two attached hydrogens (primary N) is 1. The lowest BCUT2D eigenvalue weighted by molar-refractivity contribution is 0.0331. The van der Waals surface area contributed by atoms with Gasteiger partial charge in [0.15, 0.2) is 0 Å². The summed E-state index contributed by atoms with van der Waals surface area (Å²) in [7, 11) is 0. The summed E-state index contributed by atoms with van der Waals surface area (Å²) in [5, 5.41) is 19.0. The first-order valence-corrected chi connectivity index (χ1v) is 4.71. The van der Waals surface area contributed by atoms with Gasteiger partial charge in [0, 0.05) is 5.56 Å². The highest BCUT2D eigenvalue weighted by atomic mass is 35.5. The highest BCUT2D eigenvalue weighted by Crippen LogP contribution is 2.24. The van der Waals surface area contributed by atoms with Crippen molar-refractivity contribution in [3.63, 3.8) is 0 Å². The van der Waals surface area contributed by atoms with Crippen LogP contribution < -0.4 is 11.3 Å². The smallest absolute Gasteiger partial charge is 0.108 e. The largest absolute Gasteiger partial charge is 0.389 e. The molecule has 0 aliphatic carbocycles. The van der Waals surface area contributed by atoms with E-state index in [0.717, 1.165) is 0 Å². The molecule has 0 aromatic heterocycles. The van der Waals surface area contributed by atoms with Gasteiger partial charge in [-0.25, -0.2) is 0 Å². The zero-order valence-electron chi connectivity index (χ0n) is 7.52. The molecule has 14 heavy (non-hydrogen) atoms. The molecule has 0 saturated carbocycles. The summed E-state index contributed by atoms with van der Waals surface area (Å²) >= 11 is 5.43. The topological polar surface area (TPSA) is 78.5 Å². The molecule has 0 aliphatic heterocycles. The highest BCUT2D eigenvalue weighted by molar-refractivity contribution is 6.18. The molecule has 78 valence electrons. The first-order valence-electron chi connectivity index (χ1n) is 4.18. The van der Waals surface area contributed by atoms with Gasteiger partial charge in [0.05, 0.1) is 17.7 Å². The minimum absolute atomic E-state index is 0.0277. The Kier molecular flexibility index (Phi) is 4.16. The summed E-state index contributed by atoms with van der Waals surface area (Å²) in [4.78, 5) is 0. The first-order chi connectivity index (χ1) is 6.70. The van der Waals surface area contributed by atoms with E-state index in [1.165, 1.54) is 0 Å². The molecule has 0 heterocycles. The Balaban J connectivity index is 2.93. The van der Waals surface area contributed by atoms with Crippen molar-refractivity contribution < 1.29 is 10.2 Å². The molecule has 4 nitrogen and oxygen atoms in total. The van der Waals surface area contributed by atoms with Crippen LogP contribution in [0, 0.1) is 0 Å². The molecule has 1 aromatic rings. The summed E-state index contributed by atoms with van der Waals surface area (Å²) in [5.41, 5.74) is 3.55. The number of hydrazine groups is 1. The molecule has 0 fully saturated rings. The number of rotatable bonds is 4. The lowest BCUT2D eigenvalue weighted by Crippen LogP contribution is -2.21. The van der Waals surface area contributed by atoms with Crippen molar-refractivity contribution in [1.82, 2.24) is 0 Å². The van der Waals surface area contributed by atoms with E-state index in [1.807, 2.05) is 0 Å². The zero-order valence-corrected chi connectivity index (χ0v) is 8.28. The number of anilines is 1. The van der Waals surface area contributed by atoms with Crippen LogP contribution in [0.1, 0.15) is 11.7 Å². The van der Waals surface area contributed by atoms with Gasteiger partial charge in [-0.05, 0) is 6.07 Å². The molecule has 2 atom stereocenters. The van der Waals surface area contributed by atoms with Crippen LogP contribution in [0.2, 0.25) is 0 Å². The predicted molar refractivity (Wildman–Crippen MR) is 55.9 cm³/mol. The number of alkyl halides is 1. The standard InChI is InChI=1S/C9H13ClN2O2/c10-5-8(13)9(14)6-3-1-2-4-7(6)12-11/h1-4,8-9,12-14H,5,11H2. The summed E-state index contributed by atoms with van der Waals surface area (Å²) in [5.74, 6) is 5.23. The Hall–Kier alpha value is -0.810. The molecule has 1 rings (SSSR count). The number of halogens is 1. The molecule has 0 aliphatic rings. The number of benzene rings is 1. The third-order valence-corrected chi connectivity index (χ3v) is 2.27. The number of para-hydroxylation sites is 1. The molecular formula is C9H13ClN2O2. The number of hydrogen-bond acceptors (Lipinski definition) is 4. The Morgan fingerprint density at radius 2 is 2.00 bits per heavy atom. The van der Waals surface area contributed by atoms with Crippen molar-refractivity contribution in [3.8, 4) is 0 Å². The van der Waals surface area contributed by atoms with Crippen LogP contribution in [0.25, 0.3) is 0 Å². The summed E-state index contributed by atoms with van der Waals surface area (Å²) in [6.45, 7) is 0. The Morgan fingerprint density at radius 3 is 2.57 bits per heavy atom. The number of aliphatic hydroxyl groups excluding tert-OH is 2. The monoisotopic (exact) mass is 216 g/mol. The van der Waals surface area contributed by atoms with E-state index in [0.29, 0.717) is 11.3 Å². The Morgan fingerprint density at radius 1 is 1.36 bits per heavy atom. The average Bonchev–Trinajstić information content (AvgIpc) is 2.26. The van der Waals surface area contributed by atoms with E-state index < -0.39 is 12.2 Å². The number of nitrogens with one attached hydrogen (secondary N) is 1. The first kappa shape index (κ1) is 11.3. The van der Waals surface area contributed by atoms with Crippen molar-refractivity contribution in [2.75, 3.05) is 11.3 Å². The van der Waals surface area contributed by atoms with Gasteiger partial charge in [0.1, 0.15) is 6.10 Å². The molecular weight excluding hydrogens is 204 g/mol. The van der Waals surface area contributed by atoms with Crippen LogP contribution in [-0.2, 0) is 0 Å². The number of aliphatic hydroxyl groups is 2. The van der Waals surface area contributed by atoms with E-state index in [9.17, 15) is 10.2 Å². The van der Waals surface area contributed by atoms with Gasteiger partial charge < -0.3 is 15.6 Å². The van der Waals surface area contributed by atoms with Crippen LogP contribution in [0.3, 0.4) is 0 Å². The third kappa shape index (κ3) is 2.36. The summed E-state index contributed by atoms with van der Waals surface area (Å²) in [6.07, 6.45) is -2.02. The highest BCUT2D eigenvalue weighted by Gasteiger charge is 2.19. The summed E-state index contributed by atoms with van der Waals surface area (Å²) < 4.78 is 0. The predicted octanol–water partition coefficient (Wildman–Crippen LogP) is 0.605. The molecule has 1 aromatic carbocycles. The number of hydrogen-bond donors (Lipinski definition) is 4. The fourth-order valence-corrected chi connectivity index (χ4v) is 1.35. The van der Waals surface area contributed by atoms with Crippen LogP contribution in [-0.4, -0.2) is 22.2 Å². The van der Waals surface area contributed by atoms with Gasteiger partial charge in [-0.1, -0.05) is 18.2 Å². The molecule has 0 saturated heterocycles. The van der Waals surface area contributed by atoms with E-state index >= 15 is 0 Å². The third-order valence-electron chi connectivity index (χ3n) is 1.96. The minimum Gasteiger partial charge on any atom is -0.389 e. The van der Waals surface area contributed by atoms with Gasteiger partial charge in [-0.2, -0.15) is 0 Å². The van der Waals surface area contributed by atoms with Gasteiger partial charge in [-0.15, -0.1) is 11.6 Å². The van der Waals surface area contributed by atoms with E-state index in [1.54, 1.807) is 24.3 Å². The SMILES string of the molecule is NNc1ccccc1C(O)C(O)CCl. The van der Waals surface area contributed by atoms with E-state index in [-0.39, 0.29) is 5.88 Å². The maximum atomic E-state index is 9.67. The maximum Gasteiger partial charge on any atom is 0.108 e. The number of nitrogen functional groups attached to an aromatic ring is 1. The Labute approximate surface area is 87.3 Å². The van der Waals surface area contributed by atoms with Crippen molar-refractivity contribution in [3.05, 3.63) is 29.8 Å². The van der Waals surface area contributed by atoms with Crippen LogP contribution >= 0.6 is 11.6 Å². The molecule has 0 bridgehead atoms. The average molecular weight is 217 g/mol. The molecule has 5 heteroatoms. The molecule has 0 spiro atoms. The fraction of sp³-hybridized carbons (Fsp3) is 0.333. The second kappa shape index (κ2) is 5.17. The Bertz CT molecular complexity index is 296. The fourth-order valence-electron chi connectivity index (χ4n) is 1.18. The summed E-state index contributed by atoms with van der Waals surface area (Å²) in [6, 6.07) is 6.91. The minimum atomic E-state index is -1.03. The van der Waals surface area contributed by atoms with Crippen molar-refractivity contribution >= 4 is 17.3 Å². The lowest BCUT2D eigenvalue weighted by atomic mass is 10.0. The zero-order chi connectivity index (χ0) is 10.6.